The van der Waals surface area contributed by atoms with Crippen LogP contribution in [0.15, 0.2) is 30.6 Å². The molecule has 0 bridgehead atoms. The third-order valence-corrected chi connectivity index (χ3v) is 2.55. The molecule has 18 heavy (non-hydrogen) atoms. The number of anilines is 2. The van der Waals surface area contributed by atoms with E-state index in [0.717, 1.165) is 5.56 Å². The summed E-state index contributed by atoms with van der Waals surface area (Å²) in [5, 5.41) is 6.54. The number of rotatable bonds is 3. The van der Waals surface area contributed by atoms with Crippen molar-refractivity contribution in [3.63, 3.8) is 0 Å². The first-order valence-electron chi connectivity index (χ1n) is 5.45. The van der Waals surface area contributed by atoms with E-state index in [1.807, 2.05) is 0 Å². The molecule has 6 nitrogen and oxygen atoms in total. The Morgan fingerprint density at radius 1 is 1.33 bits per heavy atom. The second kappa shape index (κ2) is 4.79. The molecule has 0 aliphatic rings. The number of nitrogens with two attached hydrogens (primary N) is 2. The van der Waals surface area contributed by atoms with E-state index in [1.165, 1.54) is 0 Å². The number of benzene rings is 1. The first-order chi connectivity index (χ1) is 8.56. The lowest BCUT2D eigenvalue weighted by atomic mass is 10.1. The fourth-order valence-electron chi connectivity index (χ4n) is 1.73. The normalized spacial score (nSPS) is 10.3. The lowest BCUT2D eigenvalue weighted by Gasteiger charge is -2.16. The Morgan fingerprint density at radius 2 is 2.00 bits per heavy atom. The van der Waals surface area contributed by atoms with Crippen LogP contribution in [-0.4, -0.2) is 28.1 Å². The van der Waals surface area contributed by atoms with Gasteiger partial charge in [-0.25, -0.2) is 0 Å². The summed E-state index contributed by atoms with van der Waals surface area (Å²) in [5.41, 5.74) is 13.7. The summed E-state index contributed by atoms with van der Waals surface area (Å²) in [6, 6.07) is 4.85. The van der Waals surface area contributed by atoms with Crippen LogP contribution < -0.4 is 11.5 Å². The third-order valence-electron chi connectivity index (χ3n) is 2.55. The Hall–Kier alpha value is -2.50. The summed E-state index contributed by atoms with van der Waals surface area (Å²) in [6.45, 7) is 0.476. The molecule has 0 saturated heterocycles. The van der Waals surface area contributed by atoms with E-state index in [0.29, 0.717) is 23.5 Å². The summed E-state index contributed by atoms with van der Waals surface area (Å²) in [7, 11) is 1.72. The molecule has 1 aromatic heterocycles. The van der Waals surface area contributed by atoms with Crippen LogP contribution in [0.1, 0.15) is 15.9 Å². The van der Waals surface area contributed by atoms with E-state index in [1.54, 1.807) is 42.5 Å². The highest BCUT2D eigenvalue weighted by Crippen LogP contribution is 2.15. The van der Waals surface area contributed by atoms with Crippen LogP contribution in [0.3, 0.4) is 0 Å². The first-order valence-corrected chi connectivity index (χ1v) is 5.45. The smallest absolute Gasteiger partial charge is 0.254 e. The van der Waals surface area contributed by atoms with Gasteiger partial charge < -0.3 is 16.4 Å². The lowest BCUT2D eigenvalue weighted by Crippen LogP contribution is -2.26. The Labute approximate surface area is 105 Å². The molecule has 1 heterocycles. The van der Waals surface area contributed by atoms with Gasteiger partial charge in [0, 0.05) is 42.3 Å². The highest BCUT2D eigenvalue weighted by atomic mass is 16.2. The number of carbonyl (C=O) groups excluding carboxylic acids is 1. The van der Waals surface area contributed by atoms with E-state index in [2.05, 4.69) is 10.2 Å². The van der Waals surface area contributed by atoms with E-state index >= 15 is 0 Å². The zero-order valence-electron chi connectivity index (χ0n) is 10.1. The summed E-state index contributed by atoms with van der Waals surface area (Å²) in [4.78, 5) is 13.7. The number of carbonyl (C=O) groups is 1. The molecule has 94 valence electrons. The quantitative estimate of drug-likeness (QED) is 0.697. The standard InChI is InChI=1S/C12H15N5O/c1-17(7-8-5-15-16-6-8)12(18)9-2-10(13)4-11(14)3-9/h2-6H,7,13-14H2,1H3,(H,15,16). The van der Waals surface area contributed by atoms with Crippen molar-refractivity contribution in [1.29, 1.82) is 0 Å². The first kappa shape index (κ1) is 12.0. The maximum absolute atomic E-state index is 12.2. The van der Waals surface area contributed by atoms with Crippen LogP contribution in [0.4, 0.5) is 11.4 Å². The van der Waals surface area contributed by atoms with Crippen molar-refractivity contribution in [2.24, 2.45) is 0 Å². The molecule has 5 N–H and O–H groups in total. The van der Waals surface area contributed by atoms with Crippen molar-refractivity contribution < 1.29 is 4.79 Å². The fraction of sp³-hybridized carbons (Fsp3) is 0.167. The van der Waals surface area contributed by atoms with Crippen LogP contribution in [0, 0.1) is 0 Å². The van der Waals surface area contributed by atoms with Crippen LogP contribution in [-0.2, 0) is 6.54 Å². The minimum absolute atomic E-state index is 0.129. The summed E-state index contributed by atoms with van der Waals surface area (Å²) < 4.78 is 0. The van der Waals surface area contributed by atoms with Gasteiger partial charge in [-0.2, -0.15) is 5.10 Å². The SMILES string of the molecule is CN(Cc1cn[nH]c1)C(=O)c1cc(N)cc(N)c1. The van der Waals surface area contributed by atoms with Gasteiger partial charge in [0.2, 0.25) is 0 Å². The number of H-pyrrole nitrogens is 1. The molecular formula is C12H15N5O. The number of nitrogen functional groups attached to an aromatic ring is 2. The van der Waals surface area contributed by atoms with Gasteiger partial charge in [-0.15, -0.1) is 0 Å². The minimum atomic E-state index is -0.129. The fourth-order valence-corrected chi connectivity index (χ4v) is 1.73. The van der Waals surface area contributed by atoms with E-state index in [9.17, 15) is 4.79 Å². The van der Waals surface area contributed by atoms with Crippen LogP contribution >= 0.6 is 0 Å². The highest BCUT2D eigenvalue weighted by Gasteiger charge is 2.13. The van der Waals surface area contributed by atoms with Gasteiger partial charge in [0.25, 0.3) is 5.91 Å². The Kier molecular flexibility index (Phi) is 3.18. The summed E-state index contributed by atoms with van der Waals surface area (Å²) in [5.74, 6) is -0.129. The Bertz CT molecular complexity index is 529. The monoisotopic (exact) mass is 245 g/mol. The molecule has 0 aliphatic heterocycles. The van der Waals surface area contributed by atoms with Crippen molar-refractivity contribution in [2.75, 3.05) is 18.5 Å². The predicted octanol–water partition coefficient (Wildman–Crippen LogP) is 0.846. The highest BCUT2D eigenvalue weighted by molar-refractivity contribution is 5.95. The van der Waals surface area contributed by atoms with Crippen molar-refractivity contribution in [2.45, 2.75) is 6.54 Å². The number of amides is 1. The molecule has 0 radical (unpaired) electrons. The Balaban J connectivity index is 2.15. The molecule has 0 spiro atoms. The molecule has 0 aliphatic carbocycles. The lowest BCUT2D eigenvalue weighted by molar-refractivity contribution is 0.0785. The molecule has 0 saturated carbocycles. The van der Waals surface area contributed by atoms with Gasteiger partial charge in [0.05, 0.1) is 6.20 Å². The zero-order chi connectivity index (χ0) is 13.1. The van der Waals surface area contributed by atoms with Crippen molar-refractivity contribution in [3.05, 3.63) is 41.7 Å². The van der Waals surface area contributed by atoms with Gasteiger partial charge in [-0.1, -0.05) is 0 Å². The van der Waals surface area contributed by atoms with Crippen molar-refractivity contribution >= 4 is 17.3 Å². The number of hydrogen-bond acceptors (Lipinski definition) is 4. The maximum Gasteiger partial charge on any atom is 0.254 e. The number of aromatic amines is 1. The van der Waals surface area contributed by atoms with Gasteiger partial charge in [0.15, 0.2) is 0 Å². The molecule has 0 atom stereocenters. The second-order valence-corrected chi connectivity index (χ2v) is 4.16. The summed E-state index contributed by atoms with van der Waals surface area (Å²) in [6.07, 6.45) is 3.43. The average molecular weight is 245 g/mol. The zero-order valence-corrected chi connectivity index (χ0v) is 10.1. The second-order valence-electron chi connectivity index (χ2n) is 4.16. The van der Waals surface area contributed by atoms with E-state index in [4.69, 9.17) is 11.5 Å². The van der Waals surface area contributed by atoms with Crippen molar-refractivity contribution in [3.8, 4) is 0 Å². The van der Waals surface area contributed by atoms with Gasteiger partial charge in [-0.3, -0.25) is 9.89 Å². The molecular weight excluding hydrogens is 230 g/mol. The third kappa shape index (κ3) is 2.60. The molecule has 1 amide bonds. The van der Waals surface area contributed by atoms with Gasteiger partial charge in [-0.05, 0) is 18.2 Å². The van der Waals surface area contributed by atoms with Crippen LogP contribution in [0.25, 0.3) is 0 Å². The van der Waals surface area contributed by atoms with Crippen LogP contribution in [0.2, 0.25) is 0 Å². The van der Waals surface area contributed by atoms with Gasteiger partial charge >= 0.3 is 0 Å². The number of aromatic nitrogens is 2. The largest absolute Gasteiger partial charge is 0.399 e. The van der Waals surface area contributed by atoms with E-state index in [-0.39, 0.29) is 5.91 Å². The molecule has 2 rings (SSSR count). The van der Waals surface area contributed by atoms with E-state index < -0.39 is 0 Å². The summed E-state index contributed by atoms with van der Waals surface area (Å²) >= 11 is 0. The predicted molar refractivity (Wildman–Crippen MR) is 69.7 cm³/mol. The average Bonchev–Trinajstić information content (AvgIpc) is 2.79. The molecule has 1 aromatic carbocycles. The molecule has 2 aromatic rings. The molecule has 6 heteroatoms. The minimum Gasteiger partial charge on any atom is -0.399 e. The number of nitrogens with zero attached hydrogens (tertiary/aromatic N) is 2. The van der Waals surface area contributed by atoms with Crippen LogP contribution in [0.5, 0.6) is 0 Å². The molecule has 0 fully saturated rings. The van der Waals surface area contributed by atoms with Crippen molar-refractivity contribution in [1.82, 2.24) is 15.1 Å². The maximum atomic E-state index is 12.2. The van der Waals surface area contributed by atoms with Gasteiger partial charge in [0.1, 0.15) is 0 Å². The topological polar surface area (TPSA) is 101 Å². The Morgan fingerprint density at radius 3 is 2.56 bits per heavy atom. The number of hydrogen-bond donors (Lipinski definition) is 3. The molecule has 0 unspecified atom stereocenters. The number of nitrogens with one attached hydrogen (secondary N) is 1.